The molecular formula is C12H15ClFNO. The minimum atomic E-state index is -0.691. The summed E-state index contributed by atoms with van der Waals surface area (Å²) >= 11 is 5.68. The first-order valence-corrected chi connectivity index (χ1v) is 5.86. The van der Waals surface area contributed by atoms with Crippen LogP contribution < -0.4 is 5.73 Å². The summed E-state index contributed by atoms with van der Waals surface area (Å²) in [4.78, 5) is 0. The summed E-state index contributed by atoms with van der Waals surface area (Å²) in [6, 6.07) is 4.01. The predicted octanol–water partition coefficient (Wildman–Crippen LogP) is 2.64. The largest absolute Gasteiger partial charge is 0.391 e. The fourth-order valence-electron chi connectivity index (χ4n) is 2.04. The van der Waals surface area contributed by atoms with E-state index in [1.165, 1.54) is 6.07 Å². The van der Waals surface area contributed by atoms with E-state index < -0.39 is 18.0 Å². The summed E-state index contributed by atoms with van der Waals surface area (Å²) in [5.74, 6) is -0.316. The SMILES string of the molecule is N[C@H](c1cccc(Cl)c1F)[C@@H](O)C1CCC1. The van der Waals surface area contributed by atoms with Crippen molar-refractivity contribution in [1.29, 1.82) is 0 Å². The zero-order valence-corrected chi connectivity index (χ0v) is 9.62. The van der Waals surface area contributed by atoms with Crippen molar-refractivity contribution in [2.75, 3.05) is 0 Å². The quantitative estimate of drug-likeness (QED) is 0.857. The second-order valence-electron chi connectivity index (χ2n) is 4.35. The molecule has 0 aromatic heterocycles. The lowest BCUT2D eigenvalue weighted by Gasteiger charge is -2.33. The van der Waals surface area contributed by atoms with Crippen LogP contribution in [0.1, 0.15) is 30.9 Å². The van der Waals surface area contributed by atoms with Gasteiger partial charge in [-0.05, 0) is 24.8 Å². The van der Waals surface area contributed by atoms with Crippen LogP contribution in [0.3, 0.4) is 0 Å². The molecule has 0 unspecified atom stereocenters. The van der Waals surface area contributed by atoms with Gasteiger partial charge in [0.05, 0.1) is 17.2 Å². The lowest BCUT2D eigenvalue weighted by molar-refractivity contribution is 0.0405. The van der Waals surface area contributed by atoms with Gasteiger partial charge in [-0.3, -0.25) is 0 Å². The summed E-state index contributed by atoms with van der Waals surface area (Å²) < 4.78 is 13.7. The highest BCUT2D eigenvalue weighted by molar-refractivity contribution is 6.30. The molecule has 2 nitrogen and oxygen atoms in total. The molecule has 3 N–H and O–H groups in total. The Labute approximate surface area is 99.2 Å². The molecular weight excluding hydrogens is 229 g/mol. The third-order valence-electron chi connectivity index (χ3n) is 3.34. The molecule has 88 valence electrons. The Morgan fingerprint density at radius 1 is 1.44 bits per heavy atom. The van der Waals surface area contributed by atoms with Crippen molar-refractivity contribution in [3.8, 4) is 0 Å². The second-order valence-corrected chi connectivity index (χ2v) is 4.76. The molecule has 0 saturated heterocycles. The van der Waals surface area contributed by atoms with E-state index in [9.17, 15) is 9.50 Å². The first-order valence-electron chi connectivity index (χ1n) is 5.49. The van der Waals surface area contributed by atoms with Gasteiger partial charge in [0.15, 0.2) is 0 Å². The Balaban J connectivity index is 2.19. The van der Waals surface area contributed by atoms with Gasteiger partial charge in [0, 0.05) is 5.56 Å². The summed E-state index contributed by atoms with van der Waals surface area (Å²) in [6.07, 6.45) is 2.38. The van der Waals surface area contributed by atoms with Gasteiger partial charge in [-0.1, -0.05) is 30.2 Å². The fourth-order valence-corrected chi connectivity index (χ4v) is 2.22. The molecule has 16 heavy (non-hydrogen) atoms. The molecule has 1 fully saturated rings. The molecule has 0 amide bonds. The van der Waals surface area contributed by atoms with Gasteiger partial charge in [0.25, 0.3) is 0 Å². The van der Waals surface area contributed by atoms with Gasteiger partial charge in [-0.2, -0.15) is 0 Å². The van der Waals surface area contributed by atoms with E-state index in [-0.39, 0.29) is 10.9 Å². The lowest BCUT2D eigenvalue weighted by Crippen LogP contribution is -2.36. The molecule has 0 heterocycles. The minimum Gasteiger partial charge on any atom is -0.391 e. The molecule has 2 atom stereocenters. The summed E-state index contributed by atoms with van der Waals surface area (Å²) in [5.41, 5.74) is 6.17. The average molecular weight is 244 g/mol. The Bertz CT molecular complexity index is 381. The summed E-state index contributed by atoms with van der Waals surface area (Å²) in [5, 5.41) is 10.0. The third kappa shape index (κ3) is 2.08. The first kappa shape index (κ1) is 11.8. The highest BCUT2D eigenvalue weighted by Gasteiger charge is 2.32. The molecule has 1 aromatic carbocycles. The molecule has 0 spiro atoms. The van der Waals surface area contributed by atoms with Crippen molar-refractivity contribution in [2.24, 2.45) is 11.7 Å². The molecule has 1 aliphatic rings. The number of hydrogen-bond donors (Lipinski definition) is 2. The van der Waals surface area contributed by atoms with Gasteiger partial charge in [-0.25, -0.2) is 4.39 Å². The van der Waals surface area contributed by atoms with Crippen LogP contribution in [0.25, 0.3) is 0 Å². The van der Waals surface area contributed by atoms with E-state index in [4.69, 9.17) is 17.3 Å². The predicted molar refractivity (Wildman–Crippen MR) is 61.7 cm³/mol. The zero-order valence-electron chi connectivity index (χ0n) is 8.87. The highest BCUT2D eigenvalue weighted by Crippen LogP contribution is 2.35. The molecule has 4 heteroatoms. The van der Waals surface area contributed by atoms with Crippen LogP contribution in [0.2, 0.25) is 5.02 Å². The molecule has 2 rings (SSSR count). The maximum Gasteiger partial charge on any atom is 0.146 e. The van der Waals surface area contributed by atoms with Crippen LogP contribution in [-0.2, 0) is 0 Å². The number of hydrogen-bond acceptors (Lipinski definition) is 2. The van der Waals surface area contributed by atoms with Crippen LogP contribution in [0.15, 0.2) is 18.2 Å². The molecule has 1 aliphatic carbocycles. The van der Waals surface area contributed by atoms with E-state index >= 15 is 0 Å². The number of halogens is 2. The smallest absolute Gasteiger partial charge is 0.146 e. The minimum absolute atomic E-state index is 0.0498. The standard InChI is InChI=1S/C12H15ClFNO/c13-9-6-2-5-8(10(9)14)11(15)12(16)7-3-1-4-7/h2,5-7,11-12,16H,1,3-4,15H2/t11-,12+/m1/s1. The van der Waals surface area contributed by atoms with Gasteiger partial charge >= 0.3 is 0 Å². The molecule has 1 saturated carbocycles. The Morgan fingerprint density at radius 3 is 2.69 bits per heavy atom. The zero-order chi connectivity index (χ0) is 11.7. The molecule has 0 aliphatic heterocycles. The summed E-state index contributed by atoms with van der Waals surface area (Å²) in [6.45, 7) is 0. The Kier molecular flexibility index (Phi) is 3.47. The number of aliphatic hydroxyl groups excluding tert-OH is 1. The van der Waals surface area contributed by atoms with Crippen LogP contribution in [0, 0.1) is 11.7 Å². The van der Waals surface area contributed by atoms with Crippen molar-refractivity contribution in [1.82, 2.24) is 0 Å². The monoisotopic (exact) mass is 243 g/mol. The van der Waals surface area contributed by atoms with Crippen molar-refractivity contribution in [2.45, 2.75) is 31.4 Å². The van der Waals surface area contributed by atoms with E-state index in [0.29, 0.717) is 5.56 Å². The van der Waals surface area contributed by atoms with Crippen molar-refractivity contribution >= 4 is 11.6 Å². The average Bonchev–Trinajstić information content (AvgIpc) is 2.18. The summed E-state index contributed by atoms with van der Waals surface area (Å²) in [7, 11) is 0. The number of aliphatic hydroxyl groups is 1. The van der Waals surface area contributed by atoms with Crippen molar-refractivity contribution < 1.29 is 9.50 Å². The Hall–Kier alpha value is -0.640. The first-order chi connectivity index (χ1) is 7.61. The molecule has 0 radical (unpaired) electrons. The lowest BCUT2D eigenvalue weighted by atomic mass is 9.77. The molecule has 1 aromatic rings. The van der Waals surface area contributed by atoms with E-state index in [0.717, 1.165) is 19.3 Å². The van der Waals surface area contributed by atoms with E-state index in [1.54, 1.807) is 12.1 Å². The maximum atomic E-state index is 13.7. The van der Waals surface area contributed by atoms with Crippen LogP contribution in [0.4, 0.5) is 4.39 Å². The third-order valence-corrected chi connectivity index (χ3v) is 3.63. The van der Waals surface area contributed by atoms with Crippen molar-refractivity contribution in [3.05, 3.63) is 34.6 Å². The second kappa shape index (κ2) is 4.70. The van der Waals surface area contributed by atoms with Crippen LogP contribution >= 0.6 is 11.6 Å². The number of rotatable bonds is 3. The topological polar surface area (TPSA) is 46.2 Å². The normalized spacial score (nSPS) is 20.2. The van der Waals surface area contributed by atoms with Crippen LogP contribution in [0.5, 0.6) is 0 Å². The van der Waals surface area contributed by atoms with Gasteiger partial charge < -0.3 is 10.8 Å². The highest BCUT2D eigenvalue weighted by atomic mass is 35.5. The fraction of sp³-hybridized carbons (Fsp3) is 0.500. The van der Waals surface area contributed by atoms with E-state index in [1.807, 2.05) is 0 Å². The van der Waals surface area contributed by atoms with Gasteiger partial charge in [-0.15, -0.1) is 0 Å². The molecule has 0 bridgehead atoms. The number of nitrogens with two attached hydrogens (primary N) is 1. The van der Waals surface area contributed by atoms with E-state index in [2.05, 4.69) is 0 Å². The number of benzene rings is 1. The van der Waals surface area contributed by atoms with Gasteiger partial charge in [0.2, 0.25) is 0 Å². The van der Waals surface area contributed by atoms with Gasteiger partial charge in [0.1, 0.15) is 5.82 Å². The maximum absolute atomic E-state index is 13.7. The van der Waals surface area contributed by atoms with Crippen LogP contribution in [-0.4, -0.2) is 11.2 Å². The van der Waals surface area contributed by atoms with Crippen molar-refractivity contribution in [3.63, 3.8) is 0 Å². The Morgan fingerprint density at radius 2 is 2.12 bits per heavy atom.